The Kier molecular flexibility index (Phi) is 4.95. The van der Waals surface area contributed by atoms with E-state index >= 15 is 0 Å². The summed E-state index contributed by atoms with van der Waals surface area (Å²) in [4.78, 5) is 0. The first-order chi connectivity index (χ1) is 4.72. The molecular formula is C9H17N. The molecule has 0 aliphatic rings. The molecule has 0 spiro atoms. The molecule has 0 heterocycles. The number of nitrogens with one attached hydrogen (secondary N) is 1. The summed E-state index contributed by atoms with van der Waals surface area (Å²) in [7, 11) is 0. The van der Waals surface area contributed by atoms with Crippen molar-refractivity contribution < 1.29 is 0 Å². The molecule has 10 heavy (non-hydrogen) atoms. The first-order valence-electron chi connectivity index (χ1n) is 3.71. The van der Waals surface area contributed by atoms with E-state index in [4.69, 9.17) is 0 Å². The lowest BCUT2D eigenvalue weighted by Crippen LogP contribution is -2.15. The van der Waals surface area contributed by atoms with E-state index in [1.165, 1.54) is 11.1 Å². The quantitative estimate of drug-likeness (QED) is 0.588. The summed E-state index contributed by atoms with van der Waals surface area (Å²) in [6.45, 7) is 12.0. The highest BCUT2D eigenvalue weighted by Crippen LogP contribution is 2.01. The highest BCUT2D eigenvalue weighted by molar-refractivity contribution is 5.22. The van der Waals surface area contributed by atoms with Crippen LogP contribution in [0, 0.1) is 0 Å². The number of rotatable bonds is 4. The molecule has 58 valence electrons. The number of allylic oxidation sites excluding steroid dienone is 1. The van der Waals surface area contributed by atoms with E-state index in [0.717, 1.165) is 13.1 Å². The Labute approximate surface area is 63.8 Å². The van der Waals surface area contributed by atoms with Crippen molar-refractivity contribution in [3.8, 4) is 0 Å². The summed E-state index contributed by atoms with van der Waals surface area (Å²) < 4.78 is 0. The van der Waals surface area contributed by atoms with Crippen LogP contribution in [0.25, 0.3) is 0 Å². The highest BCUT2D eigenvalue weighted by atomic mass is 14.8. The Morgan fingerprint density at radius 3 is 2.40 bits per heavy atom. The SMILES string of the molecule is C=CC(CNCC)=C(C)C. The van der Waals surface area contributed by atoms with Crippen LogP contribution in [0.1, 0.15) is 20.8 Å². The Hall–Kier alpha value is -0.560. The van der Waals surface area contributed by atoms with E-state index in [-0.39, 0.29) is 0 Å². The van der Waals surface area contributed by atoms with Crippen LogP contribution in [0.3, 0.4) is 0 Å². The summed E-state index contributed by atoms with van der Waals surface area (Å²) >= 11 is 0. The van der Waals surface area contributed by atoms with Crippen LogP contribution >= 0.6 is 0 Å². The molecule has 0 aromatic carbocycles. The summed E-state index contributed by atoms with van der Waals surface area (Å²) in [5.41, 5.74) is 2.65. The van der Waals surface area contributed by atoms with Gasteiger partial charge in [-0.15, -0.1) is 0 Å². The fourth-order valence-corrected chi connectivity index (χ4v) is 0.713. The molecule has 1 N–H and O–H groups in total. The standard InChI is InChI=1S/C9H17N/c1-5-9(8(3)4)7-10-6-2/h5,10H,1,6-7H2,2-4H3. The summed E-state index contributed by atoms with van der Waals surface area (Å²) in [6, 6.07) is 0. The van der Waals surface area contributed by atoms with Gasteiger partial charge in [0.05, 0.1) is 0 Å². The average Bonchev–Trinajstić information content (AvgIpc) is 1.89. The molecule has 0 saturated carbocycles. The normalized spacial score (nSPS) is 9.10. The fraction of sp³-hybridized carbons (Fsp3) is 0.556. The molecule has 0 bridgehead atoms. The smallest absolute Gasteiger partial charge is 0.0204 e. The van der Waals surface area contributed by atoms with Gasteiger partial charge in [-0.05, 0) is 26.0 Å². The Morgan fingerprint density at radius 2 is 2.10 bits per heavy atom. The van der Waals surface area contributed by atoms with Crippen molar-refractivity contribution in [3.05, 3.63) is 23.8 Å². The largest absolute Gasteiger partial charge is 0.313 e. The van der Waals surface area contributed by atoms with Gasteiger partial charge >= 0.3 is 0 Å². The molecule has 0 saturated heterocycles. The van der Waals surface area contributed by atoms with E-state index in [2.05, 4.69) is 32.7 Å². The van der Waals surface area contributed by atoms with Gasteiger partial charge in [0.25, 0.3) is 0 Å². The summed E-state index contributed by atoms with van der Waals surface area (Å²) in [6.07, 6.45) is 1.91. The van der Waals surface area contributed by atoms with Crippen molar-refractivity contribution >= 4 is 0 Å². The minimum atomic E-state index is 0.947. The van der Waals surface area contributed by atoms with Gasteiger partial charge in [0.2, 0.25) is 0 Å². The minimum Gasteiger partial charge on any atom is -0.313 e. The molecule has 0 aliphatic heterocycles. The molecule has 0 aliphatic carbocycles. The van der Waals surface area contributed by atoms with Crippen molar-refractivity contribution in [2.45, 2.75) is 20.8 Å². The van der Waals surface area contributed by atoms with Crippen LogP contribution in [0.2, 0.25) is 0 Å². The van der Waals surface area contributed by atoms with Crippen LogP contribution in [0.15, 0.2) is 23.8 Å². The monoisotopic (exact) mass is 139 g/mol. The second kappa shape index (κ2) is 5.24. The average molecular weight is 139 g/mol. The summed E-state index contributed by atoms with van der Waals surface area (Å²) in [5.74, 6) is 0. The van der Waals surface area contributed by atoms with Gasteiger partial charge in [0, 0.05) is 6.54 Å². The van der Waals surface area contributed by atoms with Gasteiger partial charge in [0.15, 0.2) is 0 Å². The summed E-state index contributed by atoms with van der Waals surface area (Å²) in [5, 5.41) is 3.25. The molecule has 1 heteroatoms. The molecule has 0 amide bonds. The van der Waals surface area contributed by atoms with Gasteiger partial charge in [-0.3, -0.25) is 0 Å². The van der Waals surface area contributed by atoms with E-state index in [9.17, 15) is 0 Å². The zero-order valence-electron chi connectivity index (χ0n) is 7.20. The van der Waals surface area contributed by atoms with Crippen molar-refractivity contribution in [1.29, 1.82) is 0 Å². The third-order valence-electron chi connectivity index (χ3n) is 1.45. The van der Waals surface area contributed by atoms with Gasteiger partial charge in [-0.2, -0.15) is 0 Å². The predicted molar refractivity (Wildman–Crippen MR) is 47.1 cm³/mol. The second-order valence-corrected chi connectivity index (χ2v) is 2.51. The third-order valence-corrected chi connectivity index (χ3v) is 1.45. The van der Waals surface area contributed by atoms with Crippen LogP contribution in [0.4, 0.5) is 0 Å². The van der Waals surface area contributed by atoms with Crippen LogP contribution < -0.4 is 5.32 Å². The van der Waals surface area contributed by atoms with E-state index in [1.54, 1.807) is 0 Å². The second-order valence-electron chi connectivity index (χ2n) is 2.51. The highest BCUT2D eigenvalue weighted by Gasteiger charge is 1.91. The third kappa shape index (κ3) is 3.46. The van der Waals surface area contributed by atoms with Crippen LogP contribution in [0.5, 0.6) is 0 Å². The van der Waals surface area contributed by atoms with E-state index in [0.29, 0.717) is 0 Å². The molecule has 0 aromatic heterocycles. The molecular weight excluding hydrogens is 122 g/mol. The number of likely N-dealkylation sites (N-methyl/N-ethyl adjacent to an activating group) is 1. The lowest BCUT2D eigenvalue weighted by Gasteiger charge is -2.03. The van der Waals surface area contributed by atoms with Gasteiger partial charge in [0.1, 0.15) is 0 Å². The molecule has 0 aromatic rings. The Morgan fingerprint density at radius 1 is 1.50 bits per heavy atom. The van der Waals surface area contributed by atoms with E-state index in [1.807, 2.05) is 6.08 Å². The molecule has 0 unspecified atom stereocenters. The molecule has 1 nitrogen and oxygen atoms in total. The first-order valence-corrected chi connectivity index (χ1v) is 3.71. The Bertz CT molecular complexity index is 130. The van der Waals surface area contributed by atoms with Crippen molar-refractivity contribution in [2.24, 2.45) is 0 Å². The van der Waals surface area contributed by atoms with Crippen molar-refractivity contribution in [1.82, 2.24) is 5.32 Å². The Balaban J connectivity index is 3.85. The zero-order chi connectivity index (χ0) is 7.98. The zero-order valence-corrected chi connectivity index (χ0v) is 7.20. The minimum absolute atomic E-state index is 0.947. The van der Waals surface area contributed by atoms with Crippen molar-refractivity contribution in [2.75, 3.05) is 13.1 Å². The predicted octanol–water partition coefficient (Wildman–Crippen LogP) is 2.12. The first kappa shape index (κ1) is 9.44. The maximum absolute atomic E-state index is 3.74. The maximum atomic E-state index is 3.74. The van der Waals surface area contributed by atoms with Gasteiger partial charge in [-0.1, -0.05) is 25.2 Å². The molecule has 0 fully saturated rings. The topological polar surface area (TPSA) is 12.0 Å². The van der Waals surface area contributed by atoms with Crippen molar-refractivity contribution in [3.63, 3.8) is 0 Å². The van der Waals surface area contributed by atoms with Gasteiger partial charge in [-0.25, -0.2) is 0 Å². The molecule has 0 radical (unpaired) electrons. The van der Waals surface area contributed by atoms with Crippen LogP contribution in [-0.4, -0.2) is 13.1 Å². The number of hydrogen-bond acceptors (Lipinski definition) is 1. The van der Waals surface area contributed by atoms with Gasteiger partial charge < -0.3 is 5.32 Å². The lowest BCUT2D eigenvalue weighted by molar-refractivity contribution is 0.780. The molecule has 0 atom stereocenters. The lowest BCUT2D eigenvalue weighted by atomic mass is 10.1. The van der Waals surface area contributed by atoms with E-state index < -0.39 is 0 Å². The van der Waals surface area contributed by atoms with Crippen LogP contribution in [-0.2, 0) is 0 Å². The fourth-order valence-electron chi connectivity index (χ4n) is 0.713. The maximum Gasteiger partial charge on any atom is 0.0204 e. The number of hydrogen-bond donors (Lipinski definition) is 1. The molecule has 0 rings (SSSR count).